The number of nitrogens with one attached hydrogen (secondary N) is 1. The van der Waals surface area contributed by atoms with Crippen LogP contribution in [0.1, 0.15) is 32.6 Å². The van der Waals surface area contributed by atoms with Gasteiger partial charge in [-0.3, -0.25) is 4.79 Å². The zero-order valence-electron chi connectivity index (χ0n) is 9.50. The highest BCUT2D eigenvalue weighted by molar-refractivity contribution is 7.99. The van der Waals surface area contributed by atoms with Gasteiger partial charge in [0.2, 0.25) is 5.91 Å². The first-order valence-electron chi connectivity index (χ1n) is 5.87. The van der Waals surface area contributed by atoms with E-state index in [1.165, 1.54) is 25.0 Å². The van der Waals surface area contributed by atoms with Gasteiger partial charge in [0.05, 0.1) is 0 Å². The highest BCUT2D eigenvalue weighted by Crippen LogP contribution is 2.24. The molecule has 2 unspecified atom stereocenters. The Morgan fingerprint density at radius 2 is 2.40 bits per heavy atom. The van der Waals surface area contributed by atoms with Crippen LogP contribution in [-0.2, 0) is 4.79 Å². The minimum atomic E-state index is -0.00131. The van der Waals surface area contributed by atoms with Crippen molar-refractivity contribution in [1.82, 2.24) is 5.32 Å². The van der Waals surface area contributed by atoms with E-state index in [2.05, 4.69) is 5.32 Å². The van der Waals surface area contributed by atoms with Crippen LogP contribution in [0.25, 0.3) is 0 Å². The Morgan fingerprint density at radius 1 is 1.60 bits per heavy atom. The molecule has 0 aromatic carbocycles. The fourth-order valence-corrected chi connectivity index (χ4v) is 3.02. The summed E-state index contributed by atoms with van der Waals surface area (Å²) in [5.41, 5.74) is 5.53. The topological polar surface area (TPSA) is 55.1 Å². The molecule has 2 atom stereocenters. The van der Waals surface area contributed by atoms with Gasteiger partial charge in [-0.2, -0.15) is 11.8 Å². The van der Waals surface area contributed by atoms with E-state index < -0.39 is 0 Å². The number of amides is 1. The van der Waals surface area contributed by atoms with E-state index >= 15 is 0 Å². The number of hydrogen-bond donors (Lipinski definition) is 2. The molecule has 1 aliphatic rings. The zero-order valence-corrected chi connectivity index (χ0v) is 10.3. The van der Waals surface area contributed by atoms with Gasteiger partial charge in [0, 0.05) is 24.3 Å². The van der Waals surface area contributed by atoms with Crippen molar-refractivity contribution in [2.24, 2.45) is 11.7 Å². The minimum Gasteiger partial charge on any atom is -0.355 e. The van der Waals surface area contributed by atoms with Crippen molar-refractivity contribution in [3.8, 4) is 0 Å². The summed E-state index contributed by atoms with van der Waals surface area (Å²) in [6.45, 7) is 3.28. The van der Waals surface area contributed by atoms with Crippen molar-refractivity contribution in [2.45, 2.75) is 37.9 Å². The van der Waals surface area contributed by atoms with Gasteiger partial charge in [0.1, 0.15) is 0 Å². The van der Waals surface area contributed by atoms with E-state index in [0.29, 0.717) is 11.8 Å². The van der Waals surface area contributed by atoms with Gasteiger partial charge >= 0.3 is 0 Å². The lowest BCUT2D eigenvalue weighted by Gasteiger charge is -2.22. The maximum absolute atomic E-state index is 11.6. The molecular weight excluding hydrogens is 208 g/mol. The molecule has 0 aliphatic carbocycles. The molecule has 0 aromatic rings. The summed E-state index contributed by atoms with van der Waals surface area (Å²) in [6, 6.07) is 0. The number of hydrogen-bond acceptors (Lipinski definition) is 3. The number of nitrogens with two attached hydrogens (primary N) is 1. The molecule has 88 valence electrons. The van der Waals surface area contributed by atoms with Crippen LogP contribution >= 0.6 is 11.8 Å². The van der Waals surface area contributed by atoms with Gasteiger partial charge in [-0.1, -0.05) is 13.3 Å². The first-order valence-corrected chi connectivity index (χ1v) is 6.92. The van der Waals surface area contributed by atoms with E-state index in [-0.39, 0.29) is 11.8 Å². The van der Waals surface area contributed by atoms with Crippen LogP contribution in [0, 0.1) is 5.92 Å². The summed E-state index contributed by atoms with van der Waals surface area (Å²) >= 11 is 1.99. The second-order valence-corrected chi connectivity index (χ2v) is 5.48. The largest absolute Gasteiger partial charge is 0.355 e. The molecule has 0 bridgehead atoms. The van der Waals surface area contributed by atoms with Crippen molar-refractivity contribution >= 4 is 17.7 Å². The molecule has 0 aromatic heterocycles. The summed E-state index contributed by atoms with van der Waals surface area (Å²) in [6.07, 6.45) is 4.71. The lowest BCUT2D eigenvalue weighted by molar-refractivity contribution is -0.124. The average Bonchev–Trinajstić information content (AvgIpc) is 2.29. The third-order valence-corrected chi connectivity index (χ3v) is 4.32. The third-order valence-electron chi connectivity index (χ3n) is 2.93. The van der Waals surface area contributed by atoms with E-state index in [1.54, 1.807) is 0 Å². The van der Waals surface area contributed by atoms with Crippen LogP contribution in [0.4, 0.5) is 0 Å². The Hall–Kier alpha value is -0.220. The monoisotopic (exact) mass is 230 g/mol. The van der Waals surface area contributed by atoms with E-state index in [4.69, 9.17) is 5.73 Å². The fourth-order valence-electron chi connectivity index (χ4n) is 1.79. The molecule has 0 saturated carbocycles. The highest BCUT2D eigenvalue weighted by atomic mass is 32.2. The predicted octanol–water partition coefficient (Wildman–Crippen LogP) is 1.37. The molecule has 3 N–H and O–H groups in total. The first kappa shape index (κ1) is 12.8. The second-order valence-electron chi connectivity index (χ2n) is 4.07. The van der Waals surface area contributed by atoms with Gasteiger partial charge in [-0.25, -0.2) is 0 Å². The van der Waals surface area contributed by atoms with Gasteiger partial charge in [-0.15, -0.1) is 0 Å². The van der Waals surface area contributed by atoms with Crippen LogP contribution in [0.2, 0.25) is 0 Å². The van der Waals surface area contributed by atoms with Crippen LogP contribution in [0.15, 0.2) is 0 Å². The quantitative estimate of drug-likeness (QED) is 0.750. The van der Waals surface area contributed by atoms with Gasteiger partial charge < -0.3 is 11.1 Å². The Bertz CT molecular complexity index is 189. The van der Waals surface area contributed by atoms with Gasteiger partial charge in [0.25, 0.3) is 0 Å². The van der Waals surface area contributed by atoms with Crippen molar-refractivity contribution in [3.63, 3.8) is 0 Å². The first-order chi connectivity index (χ1) is 7.27. The van der Waals surface area contributed by atoms with Crippen LogP contribution in [0.3, 0.4) is 0 Å². The molecule has 1 fully saturated rings. The molecule has 1 saturated heterocycles. The Kier molecular flexibility index (Phi) is 6.10. The maximum atomic E-state index is 11.6. The molecule has 3 nitrogen and oxygen atoms in total. The lowest BCUT2D eigenvalue weighted by Crippen LogP contribution is -2.38. The number of thioether (sulfide) groups is 1. The van der Waals surface area contributed by atoms with Crippen LogP contribution in [0.5, 0.6) is 0 Å². The summed E-state index contributed by atoms with van der Waals surface area (Å²) in [7, 11) is 0. The SMILES string of the molecule is CCC(CN)C(=O)NCC1CCCCS1. The van der Waals surface area contributed by atoms with Crippen molar-refractivity contribution < 1.29 is 4.79 Å². The van der Waals surface area contributed by atoms with Crippen LogP contribution in [-0.4, -0.2) is 30.0 Å². The molecule has 1 rings (SSSR count). The Balaban J connectivity index is 2.20. The van der Waals surface area contributed by atoms with Crippen molar-refractivity contribution in [1.29, 1.82) is 0 Å². The Labute approximate surface area is 96.6 Å². The smallest absolute Gasteiger partial charge is 0.224 e. The van der Waals surface area contributed by atoms with E-state index in [9.17, 15) is 4.79 Å². The normalized spacial score (nSPS) is 23.5. The molecule has 0 spiro atoms. The zero-order chi connectivity index (χ0) is 11.1. The van der Waals surface area contributed by atoms with E-state index in [1.807, 2.05) is 18.7 Å². The summed E-state index contributed by atoms with van der Waals surface area (Å²) in [5.74, 6) is 1.37. The van der Waals surface area contributed by atoms with Crippen molar-refractivity contribution in [3.05, 3.63) is 0 Å². The minimum absolute atomic E-state index is 0.00131. The predicted molar refractivity (Wildman–Crippen MR) is 65.9 cm³/mol. The van der Waals surface area contributed by atoms with Gasteiger partial charge in [0.15, 0.2) is 0 Å². The highest BCUT2D eigenvalue weighted by Gasteiger charge is 2.18. The maximum Gasteiger partial charge on any atom is 0.224 e. The average molecular weight is 230 g/mol. The summed E-state index contributed by atoms with van der Waals surface area (Å²) in [4.78, 5) is 11.6. The lowest BCUT2D eigenvalue weighted by atomic mass is 10.1. The molecule has 1 heterocycles. The molecular formula is C11H22N2OS. The molecule has 0 radical (unpaired) electrons. The molecule has 4 heteroatoms. The van der Waals surface area contributed by atoms with E-state index in [0.717, 1.165) is 13.0 Å². The number of rotatable bonds is 5. The second kappa shape index (κ2) is 7.12. The molecule has 1 amide bonds. The third kappa shape index (κ3) is 4.43. The Morgan fingerprint density at radius 3 is 2.93 bits per heavy atom. The summed E-state index contributed by atoms with van der Waals surface area (Å²) < 4.78 is 0. The standard InChI is InChI=1S/C11H22N2OS/c1-2-9(7-12)11(14)13-8-10-5-3-4-6-15-10/h9-10H,2-8,12H2,1H3,(H,13,14). The summed E-state index contributed by atoms with van der Waals surface area (Å²) in [5, 5.41) is 3.64. The fraction of sp³-hybridized carbons (Fsp3) is 0.909. The molecule has 15 heavy (non-hydrogen) atoms. The number of carbonyl (C=O) groups is 1. The van der Waals surface area contributed by atoms with Gasteiger partial charge in [-0.05, 0) is 25.0 Å². The van der Waals surface area contributed by atoms with Crippen LogP contribution < -0.4 is 11.1 Å². The molecule has 1 aliphatic heterocycles. The number of carbonyl (C=O) groups excluding carboxylic acids is 1. The van der Waals surface area contributed by atoms with Crippen molar-refractivity contribution in [2.75, 3.05) is 18.8 Å².